The van der Waals surface area contributed by atoms with Gasteiger partial charge in [0.1, 0.15) is 5.69 Å². The van der Waals surface area contributed by atoms with Gasteiger partial charge < -0.3 is 5.32 Å². The minimum absolute atomic E-state index is 0.249. The van der Waals surface area contributed by atoms with Crippen LogP contribution in [0.4, 0.5) is 5.69 Å². The van der Waals surface area contributed by atoms with Crippen LogP contribution in [0, 0.1) is 0 Å². The van der Waals surface area contributed by atoms with Gasteiger partial charge in [0.05, 0.1) is 22.6 Å². The molecular weight excluding hydrogens is 300 g/mol. The van der Waals surface area contributed by atoms with E-state index in [0.717, 1.165) is 5.56 Å². The van der Waals surface area contributed by atoms with Gasteiger partial charge in [-0.2, -0.15) is 5.10 Å². The number of halogens is 1. The second-order valence-corrected chi connectivity index (χ2v) is 5.12. The molecule has 3 rings (SSSR count). The van der Waals surface area contributed by atoms with Gasteiger partial charge in [0.25, 0.3) is 5.91 Å². The Labute approximate surface area is 132 Å². The predicted octanol–water partition coefficient (Wildman–Crippen LogP) is 3.39. The summed E-state index contributed by atoms with van der Waals surface area (Å²) in [5.41, 5.74) is 2.52. The van der Waals surface area contributed by atoms with E-state index < -0.39 is 0 Å². The molecule has 0 bridgehead atoms. The zero-order valence-electron chi connectivity index (χ0n) is 11.8. The van der Waals surface area contributed by atoms with Crippen LogP contribution in [-0.4, -0.2) is 20.7 Å². The normalized spacial score (nSPS) is 10.5. The molecule has 0 spiro atoms. The topological polar surface area (TPSA) is 59.8 Å². The van der Waals surface area contributed by atoms with Gasteiger partial charge in [-0.1, -0.05) is 29.8 Å². The number of carbonyl (C=O) groups is 1. The van der Waals surface area contributed by atoms with Crippen molar-refractivity contribution in [1.29, 1.82) is 0 Å². The summed E-state index contributed by atoms with van der Waals surface area (Å²) in [6.45, 7) is 0. The first kappa shape index (κ1) is 14.3. The maximum atomic E-state index is 12.3. The van der Waals surface area contributed by atoms with Crippen LogP contribution in [-0.2, 0) is 7.05 Å². The molecule has 0 radical (unpaired) electrons. The Hall–Kier alpha value is -2.66. The lowest BCUT2D eigenvalue weighted by Gasteiger charge is -2.03. The summed E-state index contributed by atoms with van der Waals surface area (Å²) < 4.78 is 1.53. The summed E-state index contributed by atoms with van der Waals surface area (Å²) in [6.07, 6.45) is 3.23. The average Bonchev–Trinajstić information content (AvgIpc) is 2.90. The number of carbonyl (C=O) groups excluding carboxylic acids is 1. The Kier molecular flexibility index (Phi) is 3.89. The van der Waals surface area contributed by atoms with E-state index in [1.165, 1.54) is 4.68 Å². The van der Waals surface area contributed by atoms with Crippen molar-refractivity contribution in [3.63, 3.8) is 0 Å². The summed E-state index contributed by atoms with van der Waals surface area (Å²) in [5.74, 6) is -0.249. The number of amides is 1. The van der Waals surface area contributed by atoms with Gasteiger partial charge in [0.2, 0.25) is 0 Å². The second-order valence-electron chi connectivity index (χ2n) is 4.71. The average molecular weight is 313 g/mol. The Morgan fingerprint density at radius 3 is 2.77 bits per heavy atom. The highest BCUT2D eigenvalue weighted by Gasteiger charge is 2.15. The third-order valence-corrected chi connectivity index (χ3v) is 3.51. The fraction of sp³-hybridized carbons (Fsp3) is 0.0625. The monoisotopic (exact) mass is 312 g/mol. The smallest absolute Gasteiger partial charge is 0.273 e. The molecule has 1 N–H and O–H groups in total. The number of hydrogen-bond donors (Lipinski definition) is 1. The molecule has 1 amide bonds. The fourth-order valence-electron chi connectivity index (χ4n) is 2.11. The van der Waals surface area contributed by atoms with E-state index in [9.17, 15) is 4.79 Å². The largest absolute Gasteiger partial charge is 0.319 e. The van der Waals surface area contributed by atoms with Crippen LogP contribution in [0.1, 0.15) is 10.5 Å². The van der Waals surface area contributed by atoms with Crippen molar-refractivity contribution in [1.82, 2.24) is 14.8 Å². The van der Waals surface area contributed by atoms with Crippen molar-refractivity contribution in [2.45, 2.75) is 0 Å². The second kappa shape index (κ2) is 5.99. The number of hydrogen-bond acceptors (Lipinski definition) is 3. The van der Waals surface area contributed by atoms with Crippen LogP contribution < -0.4 is 5.32 Å². The van der Waals surface area contributed by atoms with E-state index in [0.29, 0.717) is 22.1 Å². The standard InChI is InChI=1S/C16H13ClN4O/c1-21-15(16(22)19-11-5-4-8-18-10-11)9-14(20-21)12-6-2-3-7-13(12)17/h2-10H,1H3,(H,19,22). The maximum Gasteiger partial charge on any atom is 0.273 e. The molecule has 0 unspecified atom stereocenters. The highest BCUT2D eigenvalue weighted by Crippen LogP contribution is 2.27. The molecular formula is C16H13ClN4O. The van der Waals surface area contributed by atoms with Crippen LogP contribution in [0.2, 0.25) is 5.02 Å². The number of anilines is 1. The van der Waals surface area contributed by atoms with E-state index in [1.54, 1.807) is 43.7 Å². The Balaban J connectivity index is 1.90. The molecule has 22 heavy (non-hydrogen) atoms. The minimum Gasteiger partial charge on any atom is -0.319 e. The fourth-order valence-corrected chi connectivity index (χ4v) is 2.34. The molecule has 2 aromatic heterocycles. The first-order valence-corrected chi connectivity index (χ1v) is 7.03. The number of nitrogens with zero attached hydrogens (tertiary/aromatic N) is 3. The Bertz CT molecular complexity index is 814. The number of aromatic nitrogens is 3. The van der Waals surface area contributed by atoms with Crippen molar-refractivity contribution < 1.29 is 4.79 Å². The summed E-state index contributed by atoms with van der Waals surface area (Å²) in [5, 5.41) is 7.74. The maximum absolute atomic E-state index is 12.3. The minimum atomic E-state index is -0.249. The summed E-state index contributed by atoms with van der Waals surface area (Å²) >= 11 is 6.17. The van der Waals surface area contributed by atoms with E-state index in [4.69, 9.17) is 11.6 Å². The van der Waals surface area contributed by atoms with Crippen molar-refractivity contribution in [2.24, 2.45) is 7.05 Å². The molecule has 0 aliphatic rings. The van der Waals surface area contributed by atoms with Gasteiger partial charge in [-0.3, -0.25) is 14.5 Å². The molecule has 0 aliphatic carbocycles. The highest BCUT2D eigenvalue weighted by atomic mass is 35.5. The number of pyridine rings is 1. The van der Waals surface area contributed by atoms with Gasteiger partial charge >= 0.3 is 0 Å². The first-order chi connectivity index (χ1) is 10.6. The molecule has 0 saturated carbocycles. The number of rotatable bonds is 3. The van der Waals surface area contributed by atoms with Crippen LogP contribution >= 0.6 is 11.6 Å². The molecule has 0 atom stereocenters. The summed E-state index contributed by atoms with van der Waals surface area (Å²) in [4.78, 5) is 16.3. The quantitative estimate of drug-likeness (QED) is 0.806. The lowest BCUT2D eigenvalue weighted by atomic mass is 10.1. The number of nitrogens with one attached hydrogen (secondary N) is 1. The summed E-state index contributed by atoms with van der Waals surface area (Å²) in [6, 6.07) is 12.6. The van der Waals surface area contributed by atoms with Gasteiger partial charge in [-0.25, -0.2) is 0 Å². The molecule has 2 heterocycles. The molecule has 0 saturated heterocycles. The molecule has 6 heteroatoms. The van der Waals surface area contributed by atoms with Crippen molar-refractivity contribution in [3.8, 4) is 11.3 Å². The van der Waals surface area contributed by atoms with Crippen LogP contribution in [0.5, 0.6) is 0 Å². The number of aryl methyl sites for hydroxylation is 1. The van der Waals surface area contributed by atoms with E-state index in [2.05, 4.69) is 15.4 Å². The van der Waals surface area contributed by atoms with Gasteiger partial charge in [-0.05, 0) is 24.3 Å². The molecule has 0 fully saturated rings. The molecule has 110 valence electrons. The third kappa shape index (κ3) is 2.84. The Morgan fingerprint density at radius 1 is 1.23 bits per heavy atom. The van der Waals surface area contributed by atoms with E-state index >= 15 is 0 Å². The SMILES string of the molecule is Cn1nc(-c2ccccc2Cl)cc1C(=O)Nc1cccnc1. The first-order valence-electron chi connectivity index (χ1n) is 6.65. The number of benzene rings is 1. The van der Waals surface area contributed by atoms with Crippen LogP contribution in [0.15, 0.2) is 54.9 Å². The van der Waals surface area contributed by atoms with E-state index in [-0.39, 0.29) is 5.91 Å². The van der Waals surface area contributed by atoms with Gasteiger partial charge in [0.15, 0.2) is 0 Å². The summed E-state index contributed by atoms with van der Waals surface area (Å²) in [7, 11) is 1.72. The third-order valence-electron chi connectivity index (χ3n) is 3.18. The molecule has 3 aromatic rings. The van der Waals surface area contributed by atoms with Crippen LogP contribution in [0.3, 0.4) is 0 Å². The lowest BCUT2D eigenvalue weighted by molar-refractivity contribution is 0.101. The predicted molar refractivity (Wildman–Crippen MR) is 85.8 cm³/mol. The van der Waals surface area contributed by atoms with Crippen molar-refractivity contribution >= 4 is 23.2 Å². The molecule has 5 nitrogen and oxygen atoms in total. The lowest BCUT2D eigenvalue weighted by Crippen LogP contribution is -2.16. The van der Waals surface area contributed by atoms with E-state index in [1.807, 2.05) is 18.2 Å². The zero-order valence-corrected chi connectivity index (χ0v) is 12.6. The molecule has 0 aliphatic heterocycles. The van der Waals surface area contributed by atoms with Gasteiger partial charge in [-0.15, -0.1) is 0 Å². The highest BCUT2D eigenvalue weighted by molar-refractivity contribution is 6.33. The molecule has 1 aromatic carbocycles. The Morgan fingerprint density at radius 2 is 2.05 bits per heavy atom. The zero-order chi connectivity index (χ0) is 15.5. The van der Waals surface area contributed by atoms with Crippen molar-refractivity contribution in [2.75, 3.05) is 5.32 Å². The van der Waals surface area contributed by atoms with Crippen LogP contribution in [0.25, 0.3) is 11.3 Å². The van der Waals surface area contributed by atoms with Gasteiger partial charge in [0, 0.05) is 18.8 Å². The van der Waals surface area contributed by atoms with Crippen molar-refractivity contribution in [3.05, 3.63) is 65.6 Å².